The fraction of sp³-hybridized carbons (Fsp3) is 0.158. The van der Waals surface area contributed by atoms with Gasteiger partial charge in [0.2, 0.25) is 0 Å². The number of aryl methyl sites for hydroxylation is 1. The van der Waals surface area contributed by atoms with Gasteiger partial charge in [-0.15, -0.1) is 0 Å². The van der Waals surface area contributed by atoms with Gasteiger partial charge in [-0.05, 0) is 36.2 Å². The van der Waals surface area contributed by atoms with Gasteiger partial charge < -0.3 is 10.5 Å². The van der Waals surface area contributed by atoms with E-state index in [9.17, 15) is 13.2 Å². The lowest BCUT2D eigenvalue weighted by Crippen LogP contribution is -2.15. The second-order valence-electron chi connectivity index (χ2n) is 5.95. The van der Waals surface area contributed by atoms with Crippen molar-refractivity contribution in [3.05, 3.63) is 72.2 Å². The lowest BCUT2D eigenvalue weighted by atomic mass is 10.1. The normalized spacial score (nSPS) is 11.3. The van der Waals surface area contributed by atoms with E-state index in [1.165, 1.54) is 22.4 Å². The maximum atomic E-state index is 13.2. The third-order valence-electron chi connectivity index (χ3n) is 3.99. The highest BCUT2D eigenvalue weighted by molar-refractivity contribution is 7.90. The fourth-order valence-electron chi connectivity index (χ4n) is 2.64. The highest BCUT2D eigenvalue weighted by Gasteiger charge is 2.22. The highest BCUT2D eigenvalue weighted by Crippen LogP contribution is 2.27. The number of rotatable bonds is 6. The van der Waals surface area contributed by atoms with Crippen molar-refractivity contribution in [2.75, 3.05) is 6.61 Å². The fourth-order valence-corrected chi connectivity index (χ4v) is 3.99. The quantitative estimate of drug-likeness (QED) is 0.702. The average Bonchev–Trinajstić information content (AvgIpc) is 3.08. The number of carbonyl (C=O) groups is 1. The van der Waals surface area contributed by atoms with Crippen molar-refractivity contribution in [2.45, 2.75) is 18.2 Å². The molecule has 0 atom stereocenters. The van der Waals surface area contributed by atoms with Crippen molar-refractivity contribution >= 4 is 16.1 Å². The lowest BCUT2D eigenvalue weighted by Gasteiger charge is -2.10. The Bertz CT molecular complexity index is 1040. The van der Waals surface area contributed by atoms with E-state index in [1.807, 2.05) is 30.3 Å². The molecule has 0 aliphatic carbocycles. The Morgan fingerprint density at radius 1 is 1.19 bits per heavy atom. The zero-order valence-corrected chi connectivity index (χ0v) is 15.5. The molecule has 140 valence electrons. The molecular weight excluding hydrogens is 366 g/mol. The molecular formula is C19H19N3O4S. The Balaban J connectivity index is 2.05. The van der Waals surface area contributed by atoms with Crippen LogP contribution in [0, 0.1) is 6.92 Å². The van der Waals surface area contributed by atoms with Crippen LogP contribution >= 0.6 is 0 Å². The molecule has 1 amide bonds. The molecule has 0 bridgehead atoms. The molecule has 27 heavy (non-hydrogen) atoms. The number of aromatic nitrogens is 2. The summed E-state index contributed by atoms with van der Waals surface area (Å²) in [5.74, 6) is 0. The Labute approximate surface area is 157 Å². The number of hydrogen-bond acceptors (Lipinski definition) is 5. The van der Waals surface area contributed by atoms with Gasteiger partial charge in [-0.3, -0.25) is 4.98 Å². The van der Waals surface area contributed by atoms with E-state index in [4.69, 9.17) is 10.5 Å². The first-order valence-corrected chi connectivity index (χ1v) is 9.69. The van der Waals surface area contributed by atoms with E-state index in [0.717, 1.165) is 11.3 Å². The number of hydrogen-bond donors (Lipinski definition) is 1. The summed E-state index contributed by atoms with van der Waals surface area (Å²) in [6, 6.07) is 14.1. The van der Waals surface area contributed by atoms with E-state index in [-0.39, 0.29) is 11.5 Å². The van der Waals surface area contributed by atoms with Crippen LogP contribution in [0.5, 0.6) is 0 Å². The molecule has 2 N–H and O–H groups in total. The number of benzene rings is 1. The summed E-state index contributed by atoms with van der Waals surface area (Å²) in [5, 5.41) is 0. The zero-order chi connectivity index (χ0) is 19.4. The summed E-state index contributed by atoms with van der Waals surface area (Å²) in [4.78, 5) is 14.9. The van der Waals surface area contributed by atoms with Crippen LogP contribution in [-0.4, -0.2) is 30.1 Å². The zero-order valence-electron chi connectivity index (χ0n) is 14.7. The van der Waals surface area contributed by atoms with Gasteiger partial charge in [0.15, 0.2) is 0 Å². The molecule has 3 rings (SSSR count). The number of carbonyl (C=O) groups excluding carboxylic acids is 1. The summed E-state index contributed by atoms with van der Waals surface area (Å²) < 4.78 is 32.3. The van der Waals surface area contributed by atoms with E-state index in [1.54, 1.807) is 19.1 Å². The van der Waals surface area contributed by atoms with Crippen LogP contribution in [0.25, 0.3) is 11.3 Å². The molecule has 0 spiro atoms. The predicted octanol–water partition coefficient (Wildman–Crippen LogP) is 2.73. The topological polar surface area (TPSA) is 104 Å². The van der Waals surface area contributed by atoms with Gasteiger partial charge in [0, 0.05) is 24.5 Å². The van der Waals surface area contributed by atoms with Gasteiger partial charge in [0.1, 0.15) is 4.90 Å². The van der Waals surface area contributed by atoms with E-state index < -0.39 is 16.1 Å². The molecule has 2 aromatic heterocycles. The Morgan fingerprint density at radius 2 is 1.93 bits per heavy atom. The standard InChI is InChI=1S/C19H19N3O4S/c1-14-7-8-17(12-21-14)27(24,25)22-13-15(9-10-26-19(20)23)11-18(22)16-5-3-2-4-6-16/h2-8,11-13H,9-10H2,1H3,(H2,20,23). The molecule has 0 aliphatic heterocycles. The molecule has 0 saturated carbocycles. The Morgan fingerprint density at radius 3 is 2.56 bits per heavy atom. The third kappa shape index (κ3) is 4.17. The molecule has 8 heteroatoms. The van der Waals surface area contributed by atoms with Crippen LogP contribution in [0.15, 0.2) is 65.8 Å². The highest BCUT2D eigenvalue weighted by atomic mass is 32.2. The van der Waals surface area contributed by atoms with Crippen LogP contribution in [0.1, 0.15) is 11.3 Å². The van der Waals surface area contributed by atoms with Crippen molar-refractivity contribution < 1.29 is 17.9 Å². The first kappa shape index (κ1) is 18.7. The van der Waals surface area contributed by atoms with Crippen molar-refractivity contribution in [1.82, 2.24) is 8.96 Å². The number of nitrogens with zero attached hydrogens (tertiary/aromatic N) is 2. The van der Waals surface area contributed by atoms with Gasteiger partial charge in [0.05, 0.1) is 12.3 Å². The van der Waals surface area contributed by atoms with Crippen LogP contribution in [0.3, 0.4) is 0 Å². The summed E-state index contributed by atoms with van der Waals surface area (Å²) in [6.45, 7) is 1.86. The monoisotopic (exact) mass is 385 g/mol. The van der Waals surface area contributed by atoms with E-state index in [2.05, 4.69) is 4.98 Å². The molecule has 0 aliphatic rings. The minimum atomic E-state index is -3.83. The Kier molecular flexibility index (Phi) is 5.27. The van der Waals surface area contributed by atoms with Crippen LogP contribution in [0.2, 0.25) is 0 Å². The van der Waals surface area contributed by atoms with Gasteiger partial charge in [-0.1, -0.05) is 30.3 Å². The number of nitrogens with two attached hydrogens (primary N) is 1. The van der Waals surface area contributed by atoms with Gasteiger partial charge in [-0.2, -0.15) is 0 Å². The first-order chi connectivity index (χ1) is 12.9. The predicted molar refractivity (Wildman–Crippen MR) is 101 cm³/mol. The number of ether oxygens (including phenoxy) is 1. The Hall–Kier alpha value is -3.13. The second-order valence-corrected chi connectivity index (χ2v) is 7.77. The molecule has 2 heterocycles. The first-order valence-electron chi connectivity index (χ1n) is 8.25. The van der Waals surface area contributed by atoms with Crippen LogP contribution in [-0.2, 0) is 21.2 Å². The molecule has 0 fully saturated rings. The molecule has 0 unspecified atom stereocenters. The van der Waals surface area contributed by atoms with E-state index in [0.29, 0.717) is 17.7 Å². The molecule has 3 aromatic rings. The van der Waals surface area contributed by atoms with Gasteiger partial charge in [-0.25, -0.2) is 17.2 Å². The second kappa shape index (κ2) is 7.63. The van der Waals surface area contributed by atoms with Crippen LogP contribution in [0.4, 0.5) is 4.79 Å². The van der Waals surface area contributed by atoms with Crippen LogP contribution < -0.4 is 5.73 Å². The van der Waals surface area contributed by atoms with Crippen molar-refractivity contribution in [3.63, 3.8) is 0 Å². The molecule has 7 nitrogen and oxygen atoms in total. The summed E-state index contributed by atoms with van der Waals surface area (Å²) >= 11 is 0. The summed E-state index contributed by atoms with van der Waals surface area (Å²) in [5.41, 5.74) is 7.68. The van der Waals surface area contributed by atoms with Crippen molar-refractivity contribution in [3.8, 4) is 11.3 Å². The minimum Gasteiger partial charge on any atom is -0.449 e. The maximum Gasteiger partial charge on any atom is 0.404 e. The summed E-state index contributed by atoms with van der Waals surface area (Å²) in [6.07, 6.45) is 2.35. The van der Waals surface area contributed by atoms with E-state index >= 15 is 0 Å². The van der Waals surface area contributed by atoms with Crippen molar-refractivity contribution in [1.29, 1.82) is 0 Å². The smallest absolute Gasteiger partial charge is 0.404 e. The third-order valence-corrected chi connectivity index (χ3v) is 5.65. The number of amides is 1. The molecule has 1 aromatic carbocycles. The summed E-state index contributed by atoms with van der Waals surface area (Å²) in [7, 11) is -3.83. The average molecular weight is 385 g/mol. The largest absolute Gasteiger partial charge is 0.449 e. The number of pyridine rings is 1. The van der Waals surface area contributed by atoms with Gasteiger partial charge >= 0.3 is 6.09 Å². The SMILES string of the molecule is Cc1ccc(S(=O)(=O)n2cc(CCOC(N)=O)cc2-c2ccccc2)cn1. The molecule has 0 radical (unpaired) electrons. The number of primary amides is 1. The van der Waals surface area contributed by atoms with Gasteiger partial charge in [0.25, 0.3) is 10.0 Å². The maximum absolute atomic E-state index is 13.2. The molecule has 0 saturated heterocycles. The minimum absolute atomic E-state index is 0.0692. The van der Waals surface area contributed by atoms with Crippen molar-refractivity contribution in [2.24, 2.45) is 5.73 Å². The lowest BCUT2D eigenvalue weighted by molar-refractivity contribution is 0.158.